The van der Waals surface area contributed by atoms with Crippen LogP contribution in [-0.4, -0.2) is 84.1 Å². The van der Waals surface area contributed by atoms with E-state index in [0.29, 0.717) is 5.65 Å². The summed E-state index contributed by atoms with van der Waals surface area (Å²) in [6, 6.07) is 8.51. The molecule has 0 saturated carbocycles. The minimum Gasteiger partial charge on any atom is -0.369 e. The third-order valence-corrected chi connectivity index (χ3v) is 4.28. The summed E-state index contributed by atoms with van der Waals surface area (Å²) in [5.74, 6) is 0.822. The van der Waals surface area contributed by atoms with Gasteiger partial charge in [-0.15, -0.1) is 0 Å². The summed E-state index contributed by atoms with van der Waals surface area (Å²) in [5.41, 5.74) is 3.81. The lowest BCUT2D eigenvalue weighted by Gasteiger charge is -2.28. The van der Waals surface area contributed by atoms with Crippen LogP contribution in [0.3, 0.4) is 0 Å². The molecule has 0 aliphatic heterocycles. The molecule has 3 aromatic rings. The number of rotatable bonds is 8. The summed E-state index contributed by atoms with van der Waals surface area (Å²) in [4.78, 5) is 23.0. The van der Waals surface area contributed by atoms with Crippen LogP contribution in [0.5, 0.6) is 0 Å². The molecule has 0 saturated heterocycles. The van der Waals surface area contributed by atoms with E-state index >= 15 is 0 Å². The number of hydrogen-bond acceptors (Lipinski definition) is 6. The van der Waals surface area contributed by atoms with Crippen molar-refractivity contribution in [1.29, 1.82) is 0 Å². The van der Waals surface area contributed by atoms with Crippen molar-refractivity contribution in [2.45, 2.75) is 0 Å². The maximum absolute atomic E-state index is 4.59. The van der Waals surface area contributed by atoms with Crippen LogP contribution in [0.1, 0.15) is 0 Å². The van der Waals surface area contributed by atoms with Gasteiger partial charge in [-0.3, -0.25) is 0 Å². The zero-order valence-corrected chi connectivity index (χ0v) is 16.0. The summed E-state index contributed by atoms with van der Waals surface area (Å²) in [7, 11) is 8.43. The Labute approximate surface area is 154 Å². The van der Waals surface area contributed by atoms with Crippen LogP contribution in [0.25, 0.3) is 22.6 Å². The second kappa shape index (κ2) is 8.25. The fraction of sp³-hybridized carbons (Fsp3) is 0.421. The zero-order valence-electron chi connectivity index (χ0n) is 16.0. The summed E-state index contributed by atoms with van der Waals surface area (Å²) < 4.78 is 0. The summed E-state index contributed by atoms with van der Waals surface area (Å²) in [6.07, 6.45) is 3.27. The van der Waals surface area contributed by atoms with Crippen LogP contribution in [0.4, 0.5) is 5.69 Å². The number of likely N-dealkylation sites (N-methyl/N-ethyl adjacent to an activating group) is 2. The first-order valence-electron chi connectivity index (χ1n) is 8.83. The highest BCUT2D eigenvalue weighted by Crippen LogP contribution is 2.24. The summed E-state index contributed by atoms with van der Waals surface area (Å²) in [5, 5.41) is 0. The molecule has 26 heavy (non-hydrogen) atoms. The van der Waals surface area contributed by atoms with Crippen molar-refractivity contribution in [2.24, 2.45) is 0 Å². The molecule has 2 aromatic heterocycles. The predicted molar refractivity (Wildman–Crippen MR) is 106 cm³/mol. The van der Waals surface area contributed by atoms with Gasteiger partial charge in [0.15, 0.2) is 5.65 Å². The lowest BCUT2D eigenvalue weighted by molar-refractivity contribution is 0.391. The van der Waals surface area contributed by atoms with E-state index in [4.69, 9.17) is 0 Å². The number of anilines is 1. The predicted octanol–water partition coefficient (Wildman–Crippen LogP) is 1.95. The summed E-state index contributed by atoms with van der Waals surface area (Å²) >= 11 is 0. The van der Waals surface area contributed by atoms with Crippen molar-refractivity contribution in [3.63, 3.8) is 0 Å². The topological polar surface area (TPSA) is 64.2 Å². The SMILES string of the molecule is CN(C)CCN(CCN(C)C)c1cccc(-c2nc3ncncc3[nH]2)c1. The number of benzene rings is 1. The van der Waals surface area contributed by atoms with E-state index in [1.807, 2.05) is 0 Å². The maximum atomic E-state index is 4.59. The van der Waals surface area contributed by atoms with Gasteiger partial charge < -0.3 is 19.7 Å². The molecule has 0 fully saturated rings. The van der Waals surface area contributed by atoms with Crippen molar-refractivity contribution in [3.8, 4) is 11.4 Å². The van der Waals surface area contributed by atoms with Gasteiger partial charge in [-0.05, 0) is 40.3 Å². The van der Waals surface area contributed by atoms with E-state index in [2.05, 4.69) is 87.1 Å². The van der Waals surface area contributed by atoms with Crippen LogP contribution >= 0.6 is 0 Å². The molecule has 2 heterocycles. The standard InChI is InChI=1S/C19H27N7/c1-24(2)8-10-26(11-9-25(3)4)16-7-5-6-15(12-16)18-22-17-13-20-14-21-19(17)23-18/h5-7,12-14H,8-11H2,1-4H3,(H,20,21,22,23). The number of imidazole rings is 1. The molecule has 0 atom stereocenters. The van der Waals surface area contributed by atoms with Gasteiger partial charge in [-0.25, -0.2) is 15.0 Å². The van der Waals surface area contributed by atoms with Crippen molar-refractivity contribution in [1.82, 2.24) is 29.7 Å². The summed E-state index contributed by atoms with van der Waals surface area (Å²) in [6.45, 7) is 3.99. The molecule has 1 N–H and O–H groups in total. The highest BCUT2D eigenvalue weighted by atomic mass is 15.2. The first-order valence-corrected chi connectivity index (χ1v) is 8.83. The highest BCUT2D eigenvalue weighted by molar-refractivity contribution is 5.75. The van der Waals surface area contributed by atoms with Crippen LogP contribution < -0.4 is 4.90 Å². The number of hydrogen-bond donors (Lipinski definition) is 1. The van der Waals surface area contributed by atoms with E-state index in [-0.39, 0.29) is 0 Å². The molecule has 0 amide bonds. The Bertz CT molecular complexity index is 796. The average Bonchev–Trinajstić information content (AvgIpc) is 3.05. The van der Waals surface area contributed by atoms with Crippen molar-refractivity contribution >= 4 is 16.9 Å². The third kappa shape index (κ3) is 4.56. The van der Waals surface area contributed by atoms with Gasteiger partial charge >= 0.3 is 0 Å². The van der Waals surface area contributed by atoms with E-state index in [1.165, 1.54) is 12.0 Å². The van der Waals surface area contributed by atoms with Crippen LogP contribution in [0, 0.1) is 0 Å². The van der Waals surface area contributed by atoms with Gasteiger partial charge in [0.2, 0.25) is 0 Å². The molecular formula is C19H27N7. The molecule has 0 radical (unpaired) electrons. The molecule has 0 spiro atoms. The molecule has 0 unspecified atom stereocenters. The Kier molecular flexibility index (Phi) is 5.80. The first-order chi connectivity index (χ1) is 12.5. The Morgan fingerprint density at radius 1 is 0.962 bits per heavy atom. The zero-order chi connectivity index (χ0) is 18.5. The van der Waals surface area contributed by atoms with E-state index < -0.39 is 0 Å². The molecule has 7 nitrogen and oxygen atoms in total. The van der Waals surface area contributed by atoms with E-state index in [1.54, 1.807) is 6.20 Å². The third-order valence-electron chi connectivity index (χ3n) is 4.28. The minimum atomic E-state index is 0.692. The number of H-pyrrole nitrogens is 1. The Morgan fingerprint density at radius 2 is 1.69 bits per heavy atom. The molecule has 0 aliphatic carbocycles. The normalized spacial score (nSPS) is 11.6. The molecule has 7 heteroatoms. The molecular weight excluding hydrogens is 326 g/mol. The number of aromatic amines is 1. The molecule has 138 valence electrons. The average molecular weight is 353 g/mol. The largest absolute Gasteiger partial charge is 0.369 e. The molecule has 1 aromatic carbocycles. The number of nitrogens with zero attached hydrogens (tertiary/aromatic N) is 6. The maximum Gasteiger partial charge on any atom is 0.181 e. The van der Waals surface area contributed by atoms with E-state index in [0.717, 1.165) is 43.1 Å². The van der Waals surface area contributed by atoms with Gasteiger partial charge in [0.05, 0.1) is 6.20 Å². The Morgan fingerprint density at radius 3 is 2.35 bits per heavy atom. The monoisotopic (exact) mass is 353 g/mol. The molecule has 0 bridgehead atoms. The van der Waals surface area contributed by atoms with Gasteiger partial charge in [-0.2, -0.15) is 0 Å². The highest BCUT2D eigenvalue weighted by Gasteiger charge is 2.11. The smallest absolute Gasteiger partial charge is 0.181 e. The Hall–Kier alpha value is -2.51. The second-order valence-corrected chi connectivity index (χ2v) is 6.99. The number of nitrogens with one attached hydrogen (secondary N) is 1. The minimum absolute atomic E-state index is 0.692. The number of fused-ring (bicyclic) bond motifs is 1. The quantitative estimate of drug-likeness (QED) is 0.668. The van der Waals surface area contributed by atoms with Crippen molar-refractivity contribution in [3.05, 3.63) is 36.8 Å². The van der Waals surface area contributed by atoms with Crippen LogP contribution in [0.15, 0.2) is 36.8 Å². The van der Waals surface area contributed by atoms with Gasteiger partial charge in [0.1, 0.15) is 17.7 Å². The Balaban J connectivity index is 1.86. The lowest BCUT2D eigenvalue weighted by Crippen LogP contribution is -2.36. The van der Waals surface area contributed by atoms with E-state index in [9.17, 15) is 0 Å². The molecule has 0 aliphatic rings. The van der Waals surface area contributed by atoms with Crippen molar-refractivity contribution < 1.29 is 0 Å². The molecule has 3 rings (SSSR count). The van der Waals surface area contributed by atoms with Crippen LogP contribution in [-0.2, 0) is 0 Å². The van der Waals surface area contributed by atoms with Gasteiger partial charge in [0, 0.05) is 37.4 Å². The van der Waals surface area contributed by atoms with Crippen molar-refractivity contribution in [2.75, 3.05) is 59.3 Å². The fourth-order valence-corrected chi connectivity index (χ4v) is 2.76. The fourth-order valence-electron chi connectivity index (χ4n) is 2.76. The lowest BCUT2D eigenvalue weighted by atomic mass is 10.1. The van der Waals surface area contributed by atoms with Gasteiger partial charge in [-0.1, -0.05) is 12.1 Å². The first kappa shape index (κ1) is 18.3. The van der Waals surface area contributed by atoms with Gasteiger partial charge in [0.25, 0.3) is 0 Å². The number of aromatic nitrogens is 4. The second-order valence-electron chi connectivity index (χ2n) is 6.99. The van der Waals surface area contributed by atoms with Crippen LogP contribution in [0.2, 0.25) is 0 Å².